The topological polar surface area (TPSA) is 63.2 Å². The first-order chi connectivity index (χ1) is 9.91. The van der Waals surface area contributed by atoms with Gasteiger partial charge in [-0.15, -0.1) is 0 Å². The molecule has 0 unspecified atom stereocenters. The Morgan fingerprint density at radius 3 is 2.71 bits per heavy atom. The number of nitrogens with one attached hydrogen (secondary N) is 1. The Morgan fingerprint density at radius 1 is 1.29 bits per heavy atom. The van der Waals surface area contributed by atoms with Crippen LogP contribution in [0.2, 0.25) is 0 Å². The number of benzene rings is 1. The molecule has 0 aliphatic heterocycles. The van der Waals surface area contributed by atoms with Gasteiger partial charge < -0.3 is 5.32 Å². The largest absolute Gasteiger partial charge is 0.326 e. The second-order valence-electron chi connectivity index (χ2n) is 6.49. The molecule has 2 fully saturated rings. The van der Waals surface area contributed by atoms with E-state index in [1.807, 2.05) is 0 Å². The maximum atomic E-state index is 12.1. The molecule has 0 spiro atoms. The van der Waals surface area contributed by atoms with Crippen LogP contribution in [0.1, 0.15) is 32.1 Å². The van der Waals surface area contributed by atoms with Crippen molar-refractivity contribution in [3.63, 3.8) is 0 Å². The average Bonchev–Trinajstić information content (AvgIpc) is 3.00. The number of rotatable bonds is 4. The zero-order valence-corrected chi connectivity index (χ0v) is 13.0. The van der Waals surface area contributed by atoms with Crippen LogP contribution in [-0.4, -0.2) is 20.6 Å². The Labute approximate surface area is 125 Å². The number of sulfone groups is 1. The molecule has 4 nitrogen and oxygen atoms in total. The molecule has 0 saturated heterocycles. The summed E-state index contributed by atoms with van der Waals surface area (Å²) in [5, 5.41) is 2.84. The van der Waals surface area contributed by atoms with Gasteiger partial charge in [-0.3, -0.25) is 4.79 Å². The Morgan fingerprint density at radius 2 is 2.10 bits per heavy atom. The second-order valence-corrected chi connectivity index (χ2v) is 8.50. The molecule has 0 aromatic heterocycles. The molecule has 1 N–H and O–H groups in total. The number of fused-ring (bicyclic) bond motifs is 2. The van der Waals surface area contributed by atoms with E-state index in [4.69, 9.17) is 0 Å². The van der Waals surface area contributed by atoms with Gasteiger partial charge in [-0.1, -0.05) is 12.5 Å². The summed E-state index contributed by atoms with van der Waals surface area (Å²) >= 11 is 0. The highest BCUT2D eigenvalue weighted by Gasteiger charge is 2.40. The van der Waals surface area contributed by atoms with E-state index < -0.39 is 9.84 Å². The first-order valence-electron chi connectivity index (χ1n) is 7.52. The third-order valence-electron chi connectivity index (χ3n) is 4.88. The van der Waals surface area contributed by atoms with E-state index in [1.165, 1.54) is 38.0 Å². The fourth-order valence-electron chi connectivity index (χ4n) is 3.88. The van der Waals surface area contributed by atoms with Gasteiger partial charge in [0.25, 0.3) is 0 Å². The zero-order valence-electron chi connectivity index (χ0n) is 12.2. The van der Waals surface area contributed by atoms with E-state index in [9.17, 15) is 13.2 Å². The molecule has 114 valence electrons. The van der Waals surface area contributed by atoms with E-state index in [2.05, 4.69) is 5.32 Å². The van der Waals surface area contributed by atoms with Crippen molar-refractivity contribution in [3.05, 3.63) is 24.3 Å². The summed E-state index contributed by atoms with van der Waals surface area (Å²) in [5.74, 6) is 2.07. The standard InChI is InChI=1S/C16H21NO3S/c1-21(19,20)15-4-2-3-14(10-15)17-16(18)9-13-8-11-5-6-12(13)7-11/h2-4,10-13H,5-9H2,1H3,(H,17,18)/t11-,12-,13+/m1/s1. The van der Waals surface area contributed by atoms with Crippen molar-refractivity contribution in [3.8, 4) is 0 Å². The van der Waals surface area contributed by atoms with Crippen molar-refractivity contribution >= 4 is 21.4 Å². The van der Waals surface area contributed by atoms with Gasteiger partial charge in [0.05, 0.1) is 4.90 Å². The van der Waals surface area contributed by atoms with Gasteiger partial charge >= 0.3 is 0 Å². The molecule has 1 aromatic carbocycles. The van der Waals surface area contributed by atoms with E-state index >= 15 is 0 Å². The van der Waals surface area contributed by atoms with Crippen LogP contribution in [0, 0.1) is 17.8 Å². The molecule has 1 aromatic rings. The maximum Gasteiger partial charge on any atom is 0.224 e. The lowest BCUT2D eigenvalue weighted by molar-refractivity contribution is -0.117. The van der Waals surface area contributed by atoms with E-state index in [0.717, 1.165) is 11.8 Å². The van der Waals surface area contributed by atoms with Crippen LogP contribution in [0.4, 0.5) is 5.69 Å². The summed E-state index contributed by atoms with van der Waals surface area (Å²) in [6, 6.07) is 6.45. The predicted molar refractivity (Wildman–Crippen MR) is 81.7 cm³/mol. The fraction of sp³-hybridized carbons (Fsp3) is 0.562. The van der Waals surface area contributed by atoms with Gasteiger partial charge in [0.2, 0.25) is 5.91 Å². The SMILES string of the molecule is CS(=O)(=O)c1cccc(NC(=O)C[C@@H]2C[C@@H]3CC[C@@H]2C3)c1. The van der Waals surface area contributed by atoms with Crippen molar-refractivity contribution in [1.82, 2.24) is 0 Å². The molecule has 2 aliphatic carbocycles. The molecule has 3 rings (SSSR count). The minimum atomic E-state index is -3.24. The van der Waals surface area contributed by atoms with E-state index in [0.29, 0.717) is 18.0 Å². The van der Waals surface area contributed by atoms with Gasteiger partial charge in [0, 0.05) is 18.4 Å². The number of carbonyl (C=O) groups is 1. The molecule has 21 heavy (non-hydrogen) atoms. The van der Waals surface area contributed by atoms with Gasteiger partial charge in [0.1, 0.15) is 0 Å². The Balaban J connectivity index is 1.62. The quantitative estimate of drug-likeness (QED) is 0.930. The molecular formula is C16H21NO3S. The highest BCUT2D eigenvalue weighted by Crippen LogP contribution is 2.49. The molecule has 5 heteroatoms. The third-order valence-corrected chi connectivity index (χ3v) is 5.99. The van der Waals surface area contributed by atoms with Crippen molar-refractivity contribution in [2.75, 3.05) is 11.6 Å². The first kappa shape index (κ1) is 14.6. The minimum absolute atomic E-state index is 0.00167. The van der Waals surface area contributed by atoms with Crippen LogP contribution in [-0.2, 0) is 14.6 Å². The highest BCUT2D eigenvalue weighted by atomic mass is 32.2. The first-order valence-corrected chi connectivity index (χ1v) is 9.41. The molecular weight excluding hydrogens is 286 g/mol. The summed E-state index contributed by atoms with van der Waals surface area (Å²) in [6.07, 6.45) is 6.81. The maximum absolute atomic E-state index is 12.1. The van der Waals surface area contributed by atoms with E-state index in [-0.39, 0.29) is 10.8 Å². The smallest absolute Gasteiger partial charge is 0.224 e. The lowest BCUT2D eigenvalue weighted by atomic mass is 9.86. The van der Waals surface area contributed by atoms with Crippen molar-refractivity contribution in [1.29, 1.82) is 0 Å². The van der Waals surface area contributed by atoms with Crippen LogP contribution in [0.25, 0.3) is 0 Å². The molecule has 1 amide bonds. The summed E-state index contributed by atoms with van der Waals surface area (Å²) in [7, 11) is -3.24. The molecule has 2 aliphatic rings. The van der Waals surface area contributed by atoms with Crippen LogP contribution >= 0.6 is 0 Å². The van der Waals surface area contributed by atoms with Gasteiger partial charge in [-0.05, 0) is 55.2 Å². The molecule has 0 heterocycles. The Bertz CT molecular complexity index is 653. The van der Waals surface area contributed by atoms with Crippen molar-refractivity contribution in [2.45, 2.75) is 37.0 Å². The van der Waals surface area contributed by atoms with Crippen molar-refractivity contribution in [2.24, 2.45) is 17.8 Å². The number of hydrogen-bond donors (Lipinski definition) is 1. The summed E-state index contributed by atoms with van der Waals surface area (Å²) < 4.78 is 23.0. The normalized spacial score (nSPS) is 27.8. The number of carbonyl (C=O) groups excluding carboxylic acids is 1. The van der Waals surface area contributed by atoms with Crippen LogP contribution in [0.5, 0.6) is 0 Å². The molecule has 3 atom stereocenters. The second kappa shape index (κ2) is 5.44. The monoisotopic (exact) mass is 307 g/mol. The Hall–Kier alpha value is -1.36. The number of amides is 1. The van der Waals surface area contributed by atoms with Crippen LogP contribution < -0.4 is 5.32 Å². The lowest BCUT2D eigenvalue weighted by Crippen LogP contribution is -2.20. The highest BCUT2D eigenvalue weighted by molar-refractivity contribution is 7.90. The fourth-order valence-corrected chi connectivity index (χ4v) is 4.55. The summed E-state index contributed by atoms with van der Waals surface area (Å²) in [4.78, 5) is 12.4. The third kappa shape index (κ3) is 3.28. The average molecular weight is 307 g/mol. The molecule has 2 bridgehead atoms. The van der Waals surface area contributed by atoms with Crippen LogP contribution in [0.15, 0.2) is 29.2 Å². The van der Waals surface area contributed by atoms with E-state index in [1.54, 1.807) is 18.2 Å². The lowest BCUT2D eigenvalue weighted by Gasteiger charge is -2.20. The number of hydrogen-bond acceptors (Lipinski definition) is 3. The molecule has 2 saturated carbocycles. The zero-order chi connectivity index (χ0) is 15.0. The number of anilines is 1. The van der Waals surface area contributed by atoms with Crippen LogP contribution in [0.3, 0.4) is 0 Å². The van der Waals surface area contributed by atoms with Gasteiger partial charge in [-0.25, -0.2) is 8.42 Å². The molecule has 0 radical (unpaired) electrons. The minimum Gasteiger partial charge on any atom is -0.326 e. The summed E-state index contributed by atoms with van der Waals surface area (Å²) in [5.41, 5.74) is 0.561. The van der Waals surface area contributed by atoms with Gasteiger partial charge in [-0.2, -0.15) is 0 Å². The predicted octanol–water partition coefficient (Wildman–Crippen LogP) is 2.85. The van der Waals surface area contributed by atoms with Gasteiger partial charge in [0.15, 0.2) is 9.84 Å². The van der Waals surface area contributed by atoms with Crippen molar-refractivity contribution < 1.29 is 13.2 Å². The Kier molecular flexibility index (Phi) is 3.78. The summed E-state index contributed by atoms with van der Waals surface area (Å²) in [6.45, 7) is 0.